The molecule has 0 aromatic carbocycles. The summed E-state index contributed by atoms with van der Waals surface area (Å²) in [7, 11) is -3.54. The van der Waals surface area contributed by atoms with Gasteiger partial charge in [-0.15, -0.1) is 0 Å². The van der Waals surface area contributed by atoms with Gasteiger partial charge >= 0.3 is 0 Å². The van der Waals surface area contributed by atoms with Crippen LogP contribution in [0.1, 0.15) is 51.3 Å². The molecule has 0 radical (unpaired) electrons. The third-order valence-corrected chi connectivity index (χ3v) is 6.21. The highest BCUT2D eigenvalue weighted by atomic mass is 32.2. The van der Waals surface area contributed by atoms with Crippen LogP contribution in [0.3, 0.4) is 0 Å². The number of aryl methyl sites for hydroxylation is 1. The molecular formula is C14H26N4O2S. The summed E-state index contributed by atoms with van der Waals surface area (Å²) in [6, 6.07) is 0. The summed E-state index contributed by atoms with van der Waals surface area (Å²) < 4.78 is 27.5. The number of nitrogens with zero attached hydrogens (tertiary/aromatic N) is 2. The molecule has 0 amide bonds. The fraction of sp³-hybridized carbons (Fsp3) is 0.786. The second-order valence-corrected chi connectivity index (χ2v) is 8.08. The normalized spacial score (nSPS) is 19.2. The van der Waals surface area contributed by atoms with Gasteiger partial charge in [0.15, 0.2) is 5.03 Å². The Hall–Kier alpha value is -0.920. The van der Waals surface area contributed by atoms with E-state index in [2.05, 4.69) is 22.4 Å². The molecule has 6 nitrogen and oxygen atoms in total. The maximum atomic E-state index is 12.9. The first-order chi connectivity index (χ1) is 9.80. The Bertz CT molecular complexity index is 592. The molecule has 0 atom stereocenters. The Balaban J connectivity index is 2.32. The van der Waals surface area contributed by atoms with Gasteiger partial charge in [-0.1, -0.05) is 6.92 Å². The molecule has 1 aliphatic heterocycles. The molecule has 7 heteroatoms. The van der Waals surface area contributed by atoms with Crippen molar-refractivity contribution < 1.29 is 8.42 Å². The molecule has 1 aromatic heterocycles. The maximum absolute atomic E-state index is 12.9. The molecular weight excluding hydrogens is 288 g/mol. The molecule has 2 rings (SSSR count). The molecule has 1 fully saturated rings. The standard InChI is InChI=1S/C14H26N4O2S/c1-5-8-15-10-12-11(2)16-17-13(12)21(19,20)18-9-6-7-14(18,3)4/h15H,5-10H2,1-4H3,(H,16,17). The smallest absolute Gasteiger partial charge is 0.263 e. The molecule has 0 bridgehead atoms. The summed E-state index contributed by atoms with van der Waals surface area (Å²) >= 11 is 0. The molecule has 1 saturated heterocycles. The number of H-pyrrole nitrogens is 1. The van der Waals surface area contributed by atoms with E-state index in [1.807, 2.05) is 20.8 Å². The zero-order valence-electron chi connectivity index (χ0n) is 13.4. The topological polar surface area (TPSA) is 78.1 Å². The minimum atomic E-state index is -3.54. The van der Waals surface area contributed by atoms with Gasteiger partial charge in [0.2, 0.25) is 0 Å². The molecule has 1 aliphatic rings. The van der Waals surface area contributed by atoms with E-state index in [0.717, 1.165) is 37.1 Å². The number of hydrogen-bond donors (Lipinski definition) is 2. The molecule has 0 unspecified atom stereocenters. The van der Waals surface area contributed by atoms with E-state index in [1.165, 1.54) is 0 Å². The first kappa shape index (κ1) is 16.5. The van der Waals surface area contributed by atoms with Crippen molar-refractivity contribution in [1.82, 2.24) is 19.8 Å². The Morgan fingerprint density at radius 2 is 2.14 bits per heavy atom. The predicted molar refractivity (Wildman–Crippen MR) is 82.5 cm³/mol. The number of hydrogen-bond acceptors (Lipinski definition) is 4. The van der Waals surface area contributed by atoms with Crippen molar-refractivity contribution in [1.29, 1.82) is 0 Å². The molecule has 21 heavy (non-hydrogen) atoms. The SMILES string of the molecule is CCCNCc1c(S(=O)(=O)N2CCCC2(C)C)n[nH]c1C. The van der Waals surface area contributed by atoms with Crippen LogP contribution in [0.5, 0.6) is 0 Å². The van der Waals surface area contributed by atoms with Gasteiger partial charge in [0.05, 0.1) is 0 Å². The summed E-state index contributed by atoms with van der Waals surface area (Å²) in [6.07, 6.45) is 2.80. The zero-order valence-corrected chi connectivity index (χ0v) is 14.2. The van der Waals surface area contributed by atoms with Crippen molar-refractivity contribution in [2.24, 2.45) is 0 Å². The van der Waals surface area contributed by atoms with Gasteiger partial charge in [-0.2, -0.15) is 9.40 Å². The van der Waals surface area contributed by atoms with E-state index in [0.29, 0.717) is 13.1 Å². The van der Waals surface area contributed by atoms with E-state index >= 15 is 0 Å². The van der Waals surface area contributed by atoms with Crippen LogP contribution in [0.15, 0.2) is 5.03 Å². The van der Waals surface area contributed by atoms with Crippen molar-refractivity contribution in [2.75, 3.05) is 13.1 Å². The molecule has 2 heterocycles. The average Bonchev–Trinajstić information content (AvgIpc) is 2.94. The largest absolute Gasteiger partial charge is 0.313 e. The van der Waals surface area contributed by atoms with Gasteiger partial charge in [-0.05, 0) is 46.6 Å². The Labute approximate surface area is 127 Å². The quantitative estimate of drug-likeness (QED) is 0.785. The van der Waals surface area contributed by atoms with Crippen molar-refractivity contribution in [2.45, 2.75) is 64.1 Å². The lowest BCUT2D eigenvalue weighted by molar-refractivity contribution is 0.290. The average molecular weight is 314 g/mol. The van der Waals surface area contributed by atoms with Gasteiger partial charge in [-0.25, -0.2) is 8.42 Å². The van der Waals surface area contributed by atoms with Crippen molar-refractivity contribution in [3.8, 4) is 0 Å². The van der Waals surface area contributed by atoms with Crippen molar-refractivity contribution in [3.63, 3.8) is 0 Å². The second-order valence-electron chi connectivity index (χ2n) is 6.30. The van der Waals surface area contributed by atoms with Crippen molar-refractivity contribution in [3.05, 3.63) is 11.3 Å². The van der Waals surface area contributed by atoms with E-state index in [-0.39, 0.29) is 10.6 Å². The van der Waals surface area contributed by atoms with Crippen LogP contribution in [0.4, 0.5) is 0 Å². The molecule has 120 valence electrons. The minimum Gasteiger partial charge on any atom is -0.313 e. The first-order valence-corrected chi connectivity index (χ1v) is 9.02. The Morgan fingerprint density at radius 1 is 1.43 bits per heavy atom. The molecule has 0 saturated carbocycles. The highest BCUT2D eigenvalue weighted by molar-refractivity contribution is 7.89. The number of aromatic nitrogens is 2. The van der Waals surface area contributed by atoms with E-state index in [4.69, 9.17) is 0 Å². The molecule has 0 spiro atoms. The van der Waals surface area contributed by atoms with Crippen LogP contribution in [0.25, 0.3) is 0 Å². The van der Waals surface area contributed by atoms with E-state index in [1.54, 1.807) is 4.31 Å². The van der Waals surface area contributed by atoms with Gasteiger partial charge in [0, 0.05) is 29.9 Å². The highest BCUT2D eigenvalue weighted by Crippen LogP contribution is 2.34. The first-order valence-electron chi connectivity index (χ1n) is 7.58. The van der Waals surface area contributed by atoms with Gasteiger partial charge in [-0.3, -0.25) is 5.10 Å². The van der Waals surface area contributed by atoms with Crippen LogP contribution in [0.2, 0.25) is 0 Å². The van der Waals surface area contributed by atoms with Gasteiger partial charge < -0.3 is 5.32 Å². The summed E-state index contributed by atoms with van der Waals surface area (Å²) in [5, 5.41) is 10.3. The second kappa shape index (κ2) is 6.06. The lowest BCUT2D eigenvalue weighted by Gasteiger charge is -2.30. The third-order valence-electron chi connectivity index (χ3n) is 4.12. The zero-order chi connectivity index (χ0) is 15.7. The van der Waals surface area contributed by atoms with Crippen LogP contribution >= 0.6 is 0 Å². The summed E-state index contributed by atoms with van der Waals surface area (Å²) in [6.45, 7) is 9.86. The van der Waals surface area contributed by atoms with Crippen LogP contribution in [-0.2, 0) is 16.6 Å². The predicted octanol–water partition coefficient (Wildman–Crippen LogP) is 1.78. The Kier molecular flexibility index (Phi) is 4.75. The fourth-order valence-corrected chi connectivity index (χ4v) is 4.89. The van der Waals surface area contributed by atoms with Gasteiger partial charge in [0.1, 0.15) is 0 Å². The number of rotatable bonds is 6. The van der Waals surface area contributed by atoms with Crippen LogP contribution in [0, 0.1) is 6.92 Å². The lowest BCUT2D eigenvalue weighted by Crippen LogP contribution is -2.43. The Morgan fingerprint density at radius 3 is 2.71 bits per heavy atom. The van der Waals surface area contributed by atoms with Crippen molar-refractivity contribution >= 4 is 10.0 Å². The number of aromatic amines is 1. The van der Waals surface area contributed by atoms with E-state index < -0.39 is 10.0 Å². The summed E-state index contributed by atoms with van der Waals surface area (Å²) in [5.41, 5.74) is 1.24. The van der Waals surface area contributed by atoms with Crippen LogP contribution in [-0.4, -0.2) is 41.5 Å². The lowest BCUT2D eigenvalue weighted by atomic mass is 10.0. The van der Waals surface area contributed by atoms with E-state index in [9.17, 15) is 8.42 Å². The summed E-state index contributed by atoms with van der Waals surface area (Å²) in [5.74, 6) is 0. The summed E-state index contributed by atoms with van der Waals surface area (Å²) in [4.78, 5) is 0. The van der Waals surface area contributed by atoms with Crippen LogP contribution < -0.4 is 5.32 Å². The third kappa shape index (κ3) is 3.14. The van der Waals surface area contributed by atoms with Gasteiger partial charge in [0.25, 0.3) is 10.0 Å². The number of sulfonamides is 1. The molecule has 0 aliphatic carbocycles. The maximum Gasteiger partial charge on any atom is 0.263 e. The molecule has 2 N–H and O–H groups in total. The monoisotopic (exact) mass is 314 g/mol. The highest BCUT2D eigenvalue weighted by Gasteiger charge is 2.42. The minimum absolute atomic E-state index is 0.179. The fourth-order valence-electron chi connectivity index (χ4n) is 2.87. The number of nitrogens with one attached hydrogen (secondary N) is 2. The molecule has 1 aromatic rings.